The molecule has 1 aromatic carbocycles. The van der Waals surface area contributed by atoms with Gasteiger partial charge in [0.05, 0.1) is 15.9 Å². The second kappa shape index (κ2) is 8.84. The predicted molar refractivity (Wildman–Crippen MR) is 107 cm³/mol. The van der Waals surface area contributed by atoms with Crippen molar-refractivity contribution in [2.45, 2.75) is 63.9 Å². The molecule has 1 atom stereocenters. The van der Waals surface area contributed by atoms with Gasteiger partial charge >= 0.3 is 0 Å². The second-order valence-electron chi connectivity index (χ2n) is 6.97. The fourth-order valence-electron chi connectivity index (χ4n) is 3.15. The van der Waals surface area contributed by atoms with Crippen molar-refractivity contribution in [1.29, 1.82) is 0 Å². The van der Waals surface area contributed by atoms with Crippen LogP contribution in [0.25, 0.3) is 11.0 Å². The van der Waals surface area contributed by atoms with Gasteiger partial charge in [-0.2, -0.15) is 0 Å². The summed E-state index contributed by atoms with van der Waals surface area (Å²) in [5.41, 5.74) is 1.51. The number of nitrogens with zero attached hydrogens (tertiary/aromatic N) is 3. The Kier molecular flexibility index (Phi) is 7.00. The summed E-state index contributed by atoms with van der Waals surface area (Å²) < 4.78 is 27.9. The van der Waals surface area contributed by atoms with E-state index in [2.05, 4.69) is 17.2 Å². The topological polar surface area (TPSA) is 84.3 Å². The summed E-state index contributed by atoms with van der Waals surface area (Å²) in [6, 6.07) is 5.17. The number of nitrogens with one attached hydrogen (secondary N) is 1. The Morgan fingerprint density at radius 3 is 2.59 bits per heavy atom. The molecule has 150 valence electrons. The number of imidazole rings is 1. The number of hydrogen-bond donors (Lipinski definition) is 1. The highest BCUT2D eigenvalue weighted by atomic mass is 32.2. The number of aromatic nitrogens is 2. The maximum Gasteiger partial charge on any atom is 0.242 e. The van der Waals surface area contributed by atoms with Crippen LogP contribution >= 0.6 is 0 Å². The maximum absolute atomic E-state index is 12.3. The average Bonchev–Trinajstić information content (AvgIpc) is 2.96. The largest absolute Gasteiger partial charge is 0.354 e. The molecule has 0 aliphatic carbocycles. The lowest BCUT2D eigenvalue weighted by Gasteiger charge is -2.12. The van der Waals surface area contributed by atoms with E-state index in [9.17, 15) is 13.2 Å². The zero-order valence-corrected chi connectivity index (χ0v) is 17.6. The van der Waals surface area contributed by atoms with Gasteiger partial charge in [0, 0.05) is 39.5 Å². The van der Waals surface area contributed by atoms with Gasteiger partial charge in [-0.25, -0.2) is 17.7 Å². The van der Waals surface area contributed by atoms with Gasteiger partial charge in [0.15, 0.2) is 0 Å². The van der Waals surface area contributed by atoms with Crippen LogP contribution in [0.2, 0.25) is 0 Å². The fourth-order valence-corrected chi connectivity index (χ4v) is 4.07. The quantitative estimate of drug-likeness (QED) is 0.708. The third-order valence-corrected chi connectivity index (χ3v) is 6.41. The Hall–Kier alpha value is -1.93. The summed E-state index contributed by atoms with van der Waals surface area (Å²) >= 11 is 0. The molecule has 0 saturated carbocycles. The van der Waals surface area contributed by atoms with Crippen LogP contribution in [0.4, 0.5) is 0 Å². The number of sulfonamides is 1. The van der Waals surface area contributed by atoms with Gasteiger partial charge in [0.2, 0.25) is 15.9 Å². The van der Waals surface area contributed by atoms with Crippen molar-refractivity contribution in [1.82, 2.24) is 19.2 Å². The van der Waals surface area contributed by atoms with Gasteiger partial charge in [-0.05, 0) is 38.5 Å². The highest BCUT2D eigenvalue weighted by molar-refractivity contribution is 7.89. The molecule has 1 amide bonds. The van der Waals surface area contributed by atoms with E-state index in [0.29, 0.717) is 24.9 Å². The normalized spacial score (nSPS) is 13.3. The molecular weight excluding hydrogens is 364 g/mol. The van der Waals surface area contributed by atoms with Gasteiger partial charge < -0.3 is 9.88 Å². The van der Waals surface area contributed by atoms with Crippen molar-refractivity contribution in [2.75, 3.05) is 14.1 Å². The molecule has 0 fully saturated rings. The van der Waals surface area contributed by atoms with Crippen LogP contribution in [-0.4, -0.2) is 48.3 Å². The molecule has 8 heteroatoms. The van der Waals surface area contributed by atoms with E-state index in [4.69, 9.17) is 0 Å². The number of benzene rings is 1. The van der Waals surface area contributed by atoms with Crippen LogP contribution in [0.5, 0.6) is 0 Å². The summed E-state index contributed by atoms with van der Waals surface area (Å²) in [5.74, 6) is 0.812. The molecule has 0 aliphatic heterocycles. The van der Waals surface area contributed by atoms with E-state index in [1.165, 1.54) is 18.4 Å². The molecule has 0 radical (unpaired) electrons. The molecule has 0 bridgehead atoms. The average molecular weight is 395 g/mol. The number of hydrogen-bond acceptors (Lipinski definition) is 4. The number of fused-ring (bicyclic) bond motifs is 1. The third-order valence-electron chi connectivity index (χ3n) is 4.60. The molecule has 27 heavy (non-hydrogen) atoms. The monoisotopic (exact) mass is 394 g/mol. The molecule has 0 unspecified atom stereocenters. The Labute approximate surface area is 161 Å². The highest BCUT2D eigenvalue weighted by Crippen LogP contribution is 2.22. The van der Waals surface area contributed by atoms with Crippen molar-refractivity contribution in [3.05, 3.63) is 24.0 Å². The Balaban J connectivity index is 2.24. The van der Waals surface area contributed by atoms with Crippen LogP contribution in [0.15, 0.2) is 23.1 Å². The second-order valence-corrected chi connectivity index (χ2v) is 9.12. The molecule has 7 nitrogen and oxygen atoms in total. The van der Waals surface area contributed by atoms with Crippen LogP contribution < -0.4 is 5.32 Å². The SMILES string of the molecule is CCC[C@H](C)NC(=O)CCc1nc2cc(S(=O)(=O)N(C)C)ccc2n1CC. The van der Waals surface area contributed by atoms with Crippen LogP contribution in [0.3, 0.4) is 0 Å². The van der Waals surface area contributed by atoms with Gasteiger partial charge in [-0.1, -0.05) is 13.3 Å². The predicted octanol–water partition coefficient (Wildman–Crippen LogP) is 2.54. The minimum absolute atomic E-state index is 0.0153. The third kappa shape index (κ3) is 4.87. The molecule has 0 aliphatic rings. The number of carbonyl (C=O) groups excluding carboxylic acids is 1. The first-order valence-electron chi connectivity index (χ1n) is 9.41. The van der Waals surface area contributed by atoms with E-state index >= 15 is 0 Å². The first-order chi connectivity index (χ1) is 12.7. The van der Waals surface area contributed by atoms with Gasteiger partial charge in [0.25, 0.3) is 0 Å². The minimum atomic E-state index is -3.50. The van der Waals surface area contributed by atoms with Crippen LogP contribution in [-0.2, 0) is 27.8 Å². The van der Waals surface area contributed by atoms with Crippen molar-refractivity contribution in [2.24, 2.45) is 0 Å². The lowest BCUT2D eigenvalue weighted by molar-refractivity contribution is -0.121. The zero-order chi connectivity index (χ0) is 20.2. The molecule has 1 heterocycles. The molecule has 2 aromatic rings. The summed E-state index contributed by atoms with van der Waals surface area (Å²) in [7, 11) is -0.488. The molecule has 2 rings (SSSR count). The van der Waals surface area contributed by atoms with E-state index < -0.39 is 10.0 Å². The van der Waals surface area contributed by atoms with Crippen molar-refractivity contribution >= 4 is 27.0 Å². The zero-order valence-electron chi connectivity index (χ0n) is 16.8. The highest BCUT2D eigenvalue weighted by Gasteiger charge is 2.19. The maximum atomic E-state index is 12.3. The van der Waals surface area contributed by atoms with Gasteiger partial charge in [-0.15, -0.1) is 0 Å². The Morgan fingerprint density at radius 1 is 1.30 bits per heavy atom. The Bertz CT molecular complexity index is 903. The van der Waals surface area contributed by atoms with Crippen molar-refractivity contribution in [3.8, 4) is 0 Å². The number of amides is 1. The fraction of sp³-hybridized carbons (Fsp3) is 0.579. The van der Waals surface area contributed by atoms with E-state index in [-0.39, 0.29) is 16.8 Å². The summed E-state index contributed by atoms with van der Waals surface area (Å²) in [4.78, 5) is 17.0. The van der Waals surface area contributed by atoms with Gasteiger partial charge in [-0.3, -0.25) is 4.79 Å². The summed E-state index contributed by atoms with van der Waals surface area (Å²) in [6.45, 7) is 6.82. The van der Waals surface area contributed by atoms with Crippen molar-refractivity contribution in [3.63, 3.8) is 0 Å². The smallest absolute Gasteiger partial charge is 0.242 e. The number of aryl methyl sites for hydroxylation is 2. The first-order valence-corrected chi connectivity index (χ1v) is 10.9. The molecule has 0 spiro atoms. The van der Waals surface area contributed by atoms with Crippen molar-refractivity contribution < 1.29 is 13.2 Å². The van der Waals surface area contributed by atoms with Gasteiger partial charge in [0.1, 0.15) is 5.82 Å². The standard InChI is InChI=1S/C19H30N4O3S/c1-6-8-14(3)20-19(24)12-11-18-21-16-13-15(27(25,26)22(4)5)9-10-17(16)23(18)7-2/h9-10,13-14H,6-8,11-12H2,1-5H3,(H,20,24)/t14-/m0/s1. The van der Waals surface area contributed by atoms with Crippen LogP contribution in [0.1, 0.15) is 45.9 Å². The molecule has 1 N–H and O–H groups in total. The summed E-state index contributed by atoms with van der Waals surface area (Å²) in [6.07, 6.45) is 2.87. The minimum Gasteiger partial charge on any atom is -0.354 e. The lowest BCUT2D eigenvalue weighted by Crippen LogP contribution is -2.32. The number of carbonyl (C=O) groups is 1. The lowest BCUT2D eigenvalue weighted by atomic mass is 10.2. The Morgan fingerprint density at radius 2 is 2.00 bits per heavy atom. The first kappa shape index (κ1) is 21.4. The number of rotatable bonds is 9. The molecule has 0 saturated heterocycles. The summed E-state index contributed by atoms with van der Waals surface area (Å²) in [5, 5.41) is 3.00. The van der Waals surface area contributed by atoms with E-state index in [0.717, 1.165) is 24.2 Å². The van der Waals surface area contributed by atoms with Crippen LogP contribution in [0, 0.1) is 0 Å². The van der Waals surface area contributed by atoms with E-state index in [1.807, 2.05) is 18.4 Å². The van der Waals surface area contributed by atoms with E-state index in [1.54, 1.807) is 18.2 Å². The molecule has 1 aromatic heterocycles. The molecular formula is C19H30N4O3S.